The van der Waals surface area contributed by atoms with Gasteiger partial charge in [0.1, 0.15) is 11.4 Å². The highest BCUT2D eigenvalue weighted by Gasteiger charge is 2.11. The molecule has 0 radical (unpaired) electrons. The molecule has 0 saturated heterocycles. The largest absolute Gasteiger partial charge is 0.478 e. The first kappa shape index (κ1) is 12.3. The summed E-state index contributed by atoms with van der Waals surface area (Å²) in [5, 5.41) is 9.12. The van der Waals surface area contributed by atoms with E-state index in [9.17, 15) is 9.18 Å². The Morgan fingerprint density at radius 1 is 1.30 bits per heavy atom. The van der Waals surface area contributed by atoms with Gasteiger partial charge in [0.05, 0.1) is 5.69 Å². The van der Waals surface area contributed by atoms with Crippen LogP contribution in [0.2, 0.25) is 0 Å². The molecule has 2 heterocycles. The highest BCUT2D eigenvalue weighted by molar-refractivity contribution is 5.94. The average molecular weight is 270 g/mol. The van der Waals surface area contributed by atoms with Gasteiger partial charge in [-0.15, -0.1) is 0 Å². The van der Waals surface area contributed by atoms with Crippen LogP contribution in [0.3, 0.4) is 0 Å². The highest BCUT2D eigenvalue weighted by atomic mass is 19.1. The Bertz CT molecular complexity index is 795. The molecule has 1 aromatic carbocycles. The molecule has 2 aromatic heterocycles. The number of carboxylic acid groups (broad SMARTS) is 1. The molecule has 0 aliphatic carbocycles. The third kappa shape index (κ3) is 2.25. The van der Waals surface area contributed by atoms with E-state index in [1.807, 2.05) is 6.07 Å². The van der Waals surface area contributed by atoms with Crippen molar-refractivity contribution < 1.29 is 14.3 Å². The summed E-state index contributed by atoms with van der Waals surface area (Å²) in [7, 11) is 0. The fraction of sp³-hybridized carbons (Fsp3) is 0.0667. The highest BCUT2D eigenvalue weighted by Crippen LogP contribution is 2.14. The van der Waals surface area contributed by atoms with Crippen LogP contribution < -0.4 is 0 Å². The second-order valence-corrected chi connectivity index (χ2v) is 4.50. The van der Waals surface area contributed by atoms with Gasteiger partial charge >= 0.3 is 5.97 Å². The molecule has 0 saturated carbocycles. The SMILES string of the molecule is O=C(O)c1cccn2cc(Cc3cccc(F)c3)nc12. The van der Waals surface area contributed by atoms with Crippen molar-refractivity contribution in [2.24, 2.45) is 0 Å². The molecular weight excluding hydrogens is 259 g/mol. The summed E-state index contributed by atoms with van der Waals surface area (Å²) in [5.74, 6) is -1.31. The van der Waals surface area contributed by atoms with Gasteiger partial charge in [-0.05, 0) is 29.8 Å². The predicted octanol–water partition coefficient (Wildman–Crippen LogP) is 2.76. The van der Waals surface area contributed by atoms with Crippen LogP contribution in [-0.2, 0) is 6.42 Å². The van der Waals surface area contributed by atoms with Crippen LogP contribution in [0.15, 0.2) is 48.8 Å². The minimum absolute atomic E-state index is 0.151. The fourth-order valence-corrected chi connectivity index (χ4v) is 2.17. The predicted molar refractivity (Wildman–Crippen MR) is 71.4 cm³/mol. The van der Waals surface area contributed by atoms with Gasteiger partial charge in [-0.3, -0.25) is 0 Å². The first-order valence-electron chi connectivity index (χ1n) is 6.08. The monoisotopic (exact) mass is 270 g/mol. The molecular formula is C15H11FN2O2. The van der Waals surface area contributed by atoms with Crippen LogP contribution in [0.1, 0.15) is 21.6 Å². The number of fused-ring (bicyclic) bond motifs is 1. The maximum absolute atomic E-state index is 13.1. The Labute approximate surface area is 114 Å². The average Bonchev–Trinajstić information content (AvgIpc) is 2.80. The van der Waals surface area contributed by atoms with Crippen LogP contribution in [0.5, 0.6) is 0 Å². The molecule has 0 atom stereocenters. The summed E-state index contributed by atoms with van der Waals surface area (Å²) < 4.78 is 14.8. The number of rotatable bonds is 3. The molecule has 0 spiro atoms. The Kier molecular flexibility index (Phi) is 2.95. The summed E-state index contributed by atoms with van der Waals surface area (Å²) in [6.07, 6.45) is 3.95. The van der Waals surface area contributed by atoms with E-state index < -0.39 is 5.97 Å². The molecule has 0 fully saturated rings. The van der Waals surface area contributed by atoms with Crippen molar-refractivity contribution in [2.45, 2.75) is 6.42 Å². The number of pyridine rings is 1. The van der Waals surface area contributed by atoms with Gasteiger partial charge in [-0.2, -0.15) is 0 Å². The minimum atomic E-state index is -1.02. The lowest BCUT2D eigenvalue weighted by molar-refractivity contribution is 0.0698. The van der Waals surface area contributed by atoms with Crippen molar-refractivity contribution in [3.05, 3.63) is 71.4 Å². The van der Waals surface area contributed by atoms with E-state index >= 15 is 0 Å². The number of aromatic nitrogens is 2. The van der Waals surface area contributed by atoms with E-state index in [2.05, 4.69) is 4.98 Å². The van der Waals surface area contributed by atoms with E-state index in [4.69, 9.17) is 5.11 Å². The van der Waals surface area contributed by atoms with Gasteiger partial charge in [0.25, 0.3) is 0 Å². The minimum Gasteiger partial charge on any atom is -0.478 e. The fourth-order valence-electron chi connectivity index (χ4n) is 2.17. The van der Waals surface area contributed by atoms with Gasteiger partial charge in [0.15, 0.2) is 5.65 Å². The zero-order chi connectivity index (χ0) is 14.1. The van der Waals surface area contributed by atoms with Crippen molar-refractivity contribution in [2.75, 3.05) is 0 Å². The summed E-state index contributed by atoms with van der Waals surface area (Å²) >= 11 is 0. The lowest BCUT2D eigenvalue weighted by Crippen LogP contribution is -1.99. The third-order valence-electron chi connectivity index (χ3n) is 3.04. The van der Waals surface area contributed by atoms with Gasteiger partial charge in [0, 0.05) is 18.8 Å². The Balaban J connectivity index is 2.01. The molecule has 0 aliphatic heterocycles. The number of nitrogens with zero attached hydrogens (tertiary/aromatic N) is 2. The second kappa shape index (κ2) is 4.77. The maximum Gasteiger partial charge on any atom is 0.339 e. The Morgan fingerprint density at radius 2 is 2.15 bits per heavy atom. The van der Waals surface area contributed by atoms with Crippen LogP contribution in [0, 0.1) is 5.82 Å². The van der Waals surface area contributed by atoms with Gasteiger partial charge in [-0.1, -0.05) is 12.1 Å². The zero-order valence-corrected chi connectivity index (χ0v) is 10.5. The first-order valence-corrected chi connectivity index (χ1v) is 6.08. The first-order chi connectivity index (χ1) is 9.63. The molecule has 5 heteroatoms. The lowest BCUT2D eigenvalue weighted by atomic mass is 10.1. The van der Waals surface area contributed by atoms with Crippen molar-refractivity contribution >= 4 is 11.6 Å². The molecule has 100 valence electrons. The number of halogens is 1. The van der Waals surface area contributed by atoms with Crippen LogP contribution >= 0.6 is 0 Å². The summed E-state index contributed by atoms with van der Waals surface area (Å²) in [6, 6.07) is 9.45. The second-order valence-electron chi connectivity index (χ2n) is 4.50. The number of hydrogen-bond acceptors (Lipinski definition) is 2. The topological polar surface area (TPSA) is 54.6 Å². The summed E-state index contributed by atoms with van der Waals surface area (Å²) in [4.78, 5) is 15.4. The van der Waals surface area contributed by atoms with E-state index in [-0.39, 0.29) is 11.4 Å². The molecule has 3 aromatic rings. The molecule has 20 heavy (non-hydrogen) atoms. The number of benzene rings is 1. The van der Waals surface area contributed by atoms with E-state index in [0.717, 1.165) is 5.56 Å². The summed E-state index contributed by atoms with van der Waals surface area (Å²) in [5.41, 5.74) is 2.04. The number of imidazole rings is 1. The Hall–Kier alpha value is -2.69. The summed E-state index contributed by atoms with van der Waals surface area (Å²) in [6.45, 7) is 0. The molecule has 3 rings (SSSR count). The van der Waals surface area contributed by atoms with Crippen LogP contribution in [0.25, 0.3) is 5.65 Å². The molecule has 0 amide bonds. The molecule has 4 nitrogen and oxygen atoms in total. The van der Waals surface area contributed by atoms with E-state index in [0.29, 0.717) is 17.8 Å². The molecule has 0 aliphatic rings. The van der Waals surface area contributed by atoms with E-state index in [1.165, 1.54) is 18.2 Å². The molecule has 0 unspecified atom stereocenters. The Morgan fingerprint density at radius 3 is 2.90 bits per heavy atom. The third-order valence-corrected chi connectivity index (χ3v) is 3.04. The molecule has 0 bridgehead atoms. The van der Waals surface area contributed by atoms with Gasteiger partial charge in [-0.25, -0.2) is 14.2 Å². The lowest BCUT2D eigenvalue weighted by Gasteiger charge is -1.97. The number of carboxylic acids is 1. The maximum atomic E-state index is 13.1. The van der Waals surface area contributed by atoms with Gasteiger partial charge < -0.3 is 9.51 Å². The zero-order valence-electron chi connectivity index (χ0n) is 10.5. The van der Waals surface area contributed by atoms with Crippen LogP contribution in [0.4, 0.5) is 4.39 Å². The van der Waals surface area contributed by atoms with Crippen LogP contribution in [-0.4, -0.2) is 20.5 Å². The van der Waals surface area contributed by atoms with Crippen molar-refractivity contribution in [3.8, 4) is 0 Å². The normalized spacial score (nSPS) is 10.8. The molecule has 1 N–H and O–H groups in total. The van der Waals surface area contributed by atoms with E-state index in [1.54, 1.807) is 28.9 Å². The quantitative estimate of drug-likeness (QED) is 0.796. The van der Waals surface area contributed by atoms with Gasteiger partial charge in [0.2, 0.25) is 0 Å². The number of aromatic carboxylic acids is 1. The number of hydrogen-bond donors (Lipinski definition) is 1. The smallest absolute Gasteiger partial charge is 0.339 e. The van der Waals surface area contributed by atoms with Crippen molar-refractivity contribution in [3.63, 3.8) is 0 Å². The number of carbonyl (C=O) groups is 1. The standard InChI is InChI=1S/C15H11FN2O2/c16-11-4-1-3-10(7-11)8-12-9-18-6-2-5-13(15(19)20)14(18)17-12/h1-7,9H,8H2,(H,19,20). The van der Waals surface area contributed by atoms with Crippen molar-refractivity contribution in [1.29, 1.82) is 0 Å². The van der Waals surface area contributed by atoms with Crippen molar-refractivity contribution in [1.82, 2.24) is 9.38 Å².